The van der Waals surface area contributed by atoms with E-state index in [0.717, 1.165) is 17.4 Å². The molecule has 1 atom stereocenters. The number of hydrogen-bond donors (Lipinski definition) is 2. The normalized spacial score (nSPS) is 17.9. The first-order valence-electron chi connectivity index (χ1n) is 7.32. The van der Waals surface area contributed by atoms with E-state index < -0.39 is 0 Å². The molecule has 1 aliphatic rings. The Morgan fingerprint density at radius 1 is 1.14 bits per heavy atom. The van der Waals surface area contributed by atoms with Gasteiger partial charge in [-0.05, 0) is 42.7 Å². The first-order chi connectivity index (χ1) is 10.2. The van der Waals surface area contributed by atoms with Gasteiger partial charge in [0.1, 0.15) is 0 Å². The average Bonchev–Trinajstić information content (AvgIpc) is 2.85. The molecule has 0 saturated carbocycles. The molecule has 0 radical (unpaired) electrons. The van der Waals surface area contributed by atoms with Crippen LogP contribution in [0.2, 0.25) is 0 Å². The Morgan fingerprint density at radius 2 is 2.05 bits per heavy atom. The Hall–Kier alpha value is -1.58. The first kappa shape index (κ1) is 13.1. The summed E-state index contributed by atoms with van der Waals surface area (Å²) >= 11 is 3.59. The van der Waals surface area contributed by atoms with Crippen molar-refractivity contribution < 1.29 is 0 Å². The van der Waals surface area contributed by atoms with Gasteiger partial charge in [0.05, 0.1) is 6.04 Å². The number of fused-ring (bicyclic) bond motifs is 3. The van der Waals surface area contributed by atoms with Gasteiger partial charge in [0.25, 0.3) is 0 Å². The molecule has 0 bridgehead atoms. The molecular formula is C18H17BrN2. The lowest BCUT2D eigenvalue weighted by molar-refractivity contribution is 0.560. The number of H-pyrrole nitrogens is 1. The van der Waals surface area contributed by atoms with Crippen molar-refractivity contribution in [3.05, 3.63) is 69.3 Å². The highest BCUT2D eigenvalue weighted by Gasteiger charge is 2.25. The van der Waals surface area contributed by atoms with Crippen LogP contribution in [-0.4, -0.2) is 11.5 Å². The van der Waals surface area contributed by atoms with Gasteiger partial charge in [-0.25, -0.2) is 0 Å². The van der Waals surface area contributed by atoms with Gasteiger partial charge in [-0.2, -0.15) is 0 Å². The van der Waals surface area contributed by atoms with Crippen molar-refractivity contribution in [2.45, 2.75) is 19.4 Å². The molecule has 3 heteroatoms. The summed E-state index contributed by atoms with van der Waals surface area (Å²) in [6.07, 6.45) is 1.08. The second-order valence-electron chi connectivity index (χ2n) is 5.76. The second kappa shape index (κ2) is 5.00. The third-order valence-corrected chi connectivity index (χ3v) is 4.78. The van der Waals surface area contributed by atoms with Gasteiger partial charge >= 0.3 is 0 Å². The Bertz CT molecular complexity index is 819. The summed E-state index contributed by atoms with van der Waals surface area (Å²) < 4.78 is 1.14. The molecule has 2 aromatic carbocycles. The smallest absolute Gasteiger partial charge is 0.0732 e. The number of halogens is 1. The summed E-state index contributed by atoms with van der Waals surface area (Å²) in [6, 6.07) is 15.5. The lowest BCUT2D eigenvalue weighted by Gasteiger charge is -2.25. The fourth-order valence-electron chi connectivity index (χ4n) is 3.33. The molecule has 0 fully saturated rings. The molecule has 0 spiro atoms. The molecule has 21 heavy (non-hydrogen) atoms. The first-order valence-corrected chi connectivity index (χ1v) is 8.11. The van der Waals surface area contributed by atoms with Crippen LogP contribution < -0.4 is 5.32 Å². The van der Waals surface area contributed by atoms with Crippen molar-refractivity contribution in [2.24, 2.45) is 0 Å². The minimum Gasteiger partial charge on any atom is -0.357 e. The molecule has 2 N–H and O–H groups in total. The number of aromatic amines is 1. The molecule has 1 unspecified atom stereocenters. The van der Waals surface area contributed by atoms with Crippen LogP contribution in [0.3, 0.4) is 0 Å². The van der Waals surface area contributed by atoms with Crippen molar-refractivity contribution in [1.82, 2.24) is 10.3 Å². The fourth-order valence-corrected chi connectivity index (χ4v) is 3.70. The van der Waals surface area contributed by atoms with E-state index in [1.54, 1.807) is 0 Å². The van der Waals surface area contributed by atoms with Crippen LogP contribution in [-0.2, 0) is 6.42 Å². The van der Waals surface area contributed by atoms with Gasteiger partial charge < -0.3 is 10.3 Å². The van der Waals surface area contributed by atoms with Crippen molar-refractivity contribution in [2.75, 3.05) is 6.54 Å². The Labute approximate surface area is 132 Å². The summed E-state index contributed by atoms with van der Waals surface area (Å²) in [4.78, 5) is 3.63. The van der Waals surface area contributed by atoms with Crippen LogP contribution in [0.5, 0.6) is 0 Å². The van der Waals surface area contributed by atoms with Gasteiger partial charge in [0.15, 0.2) is 0 Å². The Kier molecular flexibility index (Phi) is 3.12. The molecule has 0 aliphatic carbocycles. The van der Waals surface area contributed by atoms with E-state index in [9.17, 15) is 0 Å². The number of aryl methyl sites for hydroxylation is 1. The largest absolute Gasteiger partial charge is 0.357 e. The third kappa shape index (κ3) is 2.21. The molecule has 0 amide bonds. The predicted octanol–water partition coefficient (Wildman–Crippen LogP) is 4.47. The summed E-state index contributed by atoms with van der Waals surface area (Å²) in [7, 11) is 0. The summed E-state index contributed by atoms with van der Waals surface area (Å²) in [5.41, 5.74) is 6.64. The van der Waals surface area contributed by atoms with Gasteiger partial charge in [0.2, 0.25) is 0 Å². The van der Waals surface area contributed by atoms with E-state index in [2.05, 4.69) is 75.6 Å². The van der Waals surface area contributed by atoms with Crippen molar-refractivity contribution >= 4 is 26.8 Å². The fraction of sp³-hybridized carbons (Fsp3) is 0.222. The Morgan fingerprint density at radius 3 is 2.90 bits per heavy atom. The van der Waals surface area contributed by atoms with E-state index in [1.807, 2.05) is 0 Å². The maximum absolute atomic E-state index is 3.65. The molecular weight excluding hydrogens is 324 g/mol. The zero-order valence-electron chi connectivity index (χ0n) is 11.9. The number of hydrogen-bond acceptors (Lipinski definition) is 1. The van der Waals surface area contributed by atoms with Crippen LogP contribution in [0.1, 0.15) is 28.4 Å². The van der Waals surface area contributed by atoms with Crippen LogP contribution >= 0.6 is 15.9 Å². The molecule has 106 valence electrons. The van der Waals surface area contributed by atoms with Gasteiger partial charge in [-0.3, -0.25) is 0 Å². The summed E-state index contributed by atoms with van der Waals surface area (Å²) in [6.45, 7) is 3.17. The van der Waals surface area contributed by atoms with Crippen molar-refractivity contribution in [3.8, 4) is 0 Å². The number of nitrogens with one attached hydrogen (secondary N) is 2. The molecule has 3 aromatic rings. The Balaban J connectivity index is 1.90. The maximum atomic E-state index is 3.65. The molecule has 0 saturated heterocycles. The van der Waals surface area contributed by atoms with Crippen molar-refractivity contribution in [1.29, 1.82) is 0 Å². The molecule has 2 heterocycles. The minimum absolute atomic E-state index is 0.264. The van der Waals surface area contributed by atoms with E-state index in [-0.39, 0.29) is 6.04 Å². The lowest BCUT2D eigenvalue weighted by Crippen LogP contribution is -2.30. The highest BCUT2D eigenvalue weighted by molar-refractivity contribution is 9.10. The predicted molar refractivity (Wildman–Crippen MR) is 90.7 cm³/mol. The molecule has 2 nitrogen and oxygen atoms in total. The van der Waals surface area contributed by atoms with Gasteiger partial charge in [-0.1, -0.05) is 45.8 Å². The molecule has 1 aromatic heterocycles. The lowest BCUT2D eigenvalue weighted by atomic mass is 9.94. The summed E-state index contributed by atoms with van der Waals surface area (Å²) in [5, 5.41) is 5.00. The molecule has 1 aliphatic heterocycles. The topological polar surface area (TPSA) is 27.8 Å². The van der Waals surface area contributed by atoms with Crippen molar-refractivity contribution in [3.63, 3.8) is 0 Å². The minimum atomic E-state index is 0.264. The van der Waals surface area contributed by atoms with E-state index >= 15 is 0 Å². The van der Waals surface area contributed by atoms with E-state index in [0.29, 0.717) is 0 Å². The summed E-state index contributed by atoms with van der Waals surface area (Å²) in [5.74, 6) is 0. The zero-order chi connectivity index (χ0) is 14.4. The standard InChI is InChI=1S/C18H17BrN2/c1-11-3-2-4-12(9-11)17-18-14(7-8-20-17)15-10-13(19)5-6-16(15)21-18/h2-6,9-10,17,20-21H,7-8H2,1H3. The van der Waals surface area contributed by atoms with E-state index in [1.165, 1.54) is 33.3 Å². The van der Waals surface area contributed by atoms with Crippen LogP contribution in [0.15, 0.2) is 46.9 Å². The van der Waals surface area contributed by atoms with Gasteiger partial charge in [0, 0.05) is 27.6 Å². The maximum Gasteiger partial charge on any atom is 0.0732 e. The molecule has 4 rings (SSSR count). The zero-order valence-corrected chi connectivity index (χ0v) is 13.5. The highest BCUT2D eigenvalue weighted by Crippen LogP contribution is 2.34. The van der Waals surface area contributed by atoms with Crippen LogP contribution in [0, 0.1) is 6.92 Å². The SMILES string of the molecule is Cc1cccc(C2NCCc3c2[nH]c2ccc(Br)cc32)c1. The number of rotatable bonds is 1. The quantitative estimate of drug-likeness (QED) is 0.671. The van der Waals surface area contributed by atoms with E-state index in [4.69, 9.17) is 0 Å². The monoisotopic (exact) mass is 340 g/mol. The third-order valence-electron chi connectivity index (χ3n) is 4.29. The van der Waals surface area contributed by atoms with Crippen LogP contribution in [0.25, 0.3) is 10.9 Å². The highest BCUT2D eigenvalue weighted by atomic mass is 79.9. The second-order valence-corrected chi connectivity index (χ2v) is 6.67. The average molecular weight is 341 g/mol. The van der Waals surface area contributed by atoms with Crippen LogP contribution in [0.4, 0.5) is 0 Å². The van der Waals surface area contributed by atoms with Gasteiger partial charge in [-0.15, -0.1) is 0 Å². The number of benzene rings is 2. The number of aromatic nitrogens is 1.